The number of nitrogens with zero attached hydrogens (tertiary/aromatic N) is 1. The molecular weight excluding hydrogens is 280 g/mol. The SMILES string of the molecule is CCNC(=NCCCOCC(C)C)NCCC(=O)NC(C)C. The number of rotatable bonds is 11. The lowest BCUT2D eigenvalue weighted by atomic mass is 10.2. The molecule has 0 aliphatic rings. The van der Waals surface area contributed by atoms with Crippen molar-refractivity contribution < 1.29 is 9.53 Å². The molecule has 0 aromatic carbocycles. The number of ether oxygens (including phenoxy) is 1. The van der Waals surface area contributed by atoms with Crippen molar-refractivity contribution >= 4 is 11.9 Å². The van der Waals surface area contributed by atoms with E-state index in [4.69, 9.17) is 4.74 Å². The predicted octanol–water partition coefficient (Wildman–Crippen LogP) is 1.52. The minimum absolute atomic E-state index is 0.0560. The van der Waals surface area contributed by atoms with Crippen LogP contribution in [0.5, 0.6) is 0 Å². The summed E-state index contributed by atoms with van der Waals surface area (Å²) in [6.45, 7) is 13.8. The van der Waals surface area contributed by atoms with Crippen LogP contribution in [0.3, 0.4) is 0 Å². The molecule has 0 atom stereocenters. The molecule has 1 amide bonds. The van der Waals surface area contributed by atoms with E-state index in [-0.39, 0.29) is 11.9 Å². The van der Waals surface area contributed by atoms with Crippen molar-refractivity contribution in [2.75, 3.05) is 32.8 Å². The van der Waals surface area contributed by atoms with E-state index in [1.165, 1.54) is 0 Å². The third-order valence-electron chi connectivity index (χ3n) is 2.61. The second-order valence-corrected chi connectivity index (χ2v) is 5.98. The number of carbonyl (C=O) groups is 1. The Morgan fingerprint density at radius 2 is 1.91 bits per heavy atom. The topological polar surface area (TPSA) is 74.8 Å². The van der Waals surface area contributed by atoms with E-state index in [0.29, 0.717) is 25.4 Å². The highest BCUT2D eigenvalue weighted by atomic mass is 16.5. The summed E-state index contributed by atoms with van der Waals surface area (Å²) in [5.41, 5.74) is 0. The molecule has 0 aliphatic heterocycles. The Labute approximate surface area is 135 Å². The smallest absolute Gasteiger partial charge is 0.221 e. The van der Waals surface area contributed by atoms with Crippen LogP contribution < -0.4 is 16.0 Å². The van der Waals surface area contributed by atoms with E-state index in [1.54, 1.807) is 0 Å². The largest absolute Gasteiger partial charge is 0.381 e. The first-order valence-electron chi connectivity index (χ1n) is 8.35. The van der Waals surface area contributed by atoms with Crippen molar-refractivity contribution in [1.29, 1.82) is 0 Å². The predicted molar refractivity (Wildman–Crippen MR) is 92.2 cm³/mol. The molecule has 0 radical (unpaired) electrons. The van der Waals surface area contributed by atoms with Crippen LogP contribution in [-0.2, 0) is 9.53 Å². The Bertz CT molecular complexity index is 317. The van der Waals surface area contributed by atoms with Gasteiger partial charge in [0, 0.05) is 45.3 Å². The van der Waals surface area contributed by atoms with Crippen molar-refractivity contribution in [3.63, 3.8) is 0 Å². The van der Waals surface area contributed by atoms with E-state index in [2.05, 4.69) is 34.8 Å². The van der Waals surface area contributed by atoms with E-state index < -0.39 is 0 Å². The molecule has 0 saturated carbocycles. The summed E-state index contributed by atoms with van der Waals surface area (Å²) >= 11 is 0. The Morgan fingerprint density at radius 1 is 1.18 bits per heavy atom. The maximum atomic E-state index is 11.6. The molecule has 0 fully saturated rings. The third kappa shape index (κ3) is 13.7. The zero-order valence-electron chi connectivity index (χ0n) is 14.9. The highest BCUT2D eigenvalue weighted by molar-refractivity contribution is 5.81. The maximum absolute atomic E-state index is 11.6. The lowest BCUT2D eigenvalue weighted by Crippen LogP contribution is -2.40. The van der Waals surface area contributed by atoms with Crippen molar-refractivity contribution in [2.24, 2.45) is 10.9 Å². The van der Waals surface area contributed by atoms with E-state index in [9.17, 15) is 4.79 Å². The molecule has 130 valence electrons. The summed E-state index contributed by atoms with van der Waals surface area (Å²) in [6.07, 6.45) is 1.34. The summed E-state index contributed by atoms with van der Waals surface area (Å²) in [6, 6.07) is 0.181. The van der Waals surface area contributed by atoms with Gasteiger partial charge in [0.15, 0.2) is 5.96 Å². The Hall–Kier alpha value is -1.30. The molecule has 0 bridgehead atoms. The lowest BCUT2D eigenvalue weighted by molar-refractivity contribution is -0.121. The van der Waals surface area contributed by atoms with Gasteiger partial charge in [-0.1, -0.05) is 13.8 Å². The number of aliphatic imine (C=N–C) groups is 1. The molecule has 0 heterocycles. The number of hydrogen-bond donors (Lipinski definition) is 3. The molecule has 6 heteroatoms. The summed E-state index contributed by atoms with van der Waals surface area (Å²) in [5.74, 6) is 1.38. The van der Waals surface area contributed by atoms with Crippen LogP contribution in [-0.4, -0.2) is 50.8 Å². The average molecular weight is 314 g/mol. The fourth-order valence-electron chi connectivity index (χ4n) is 1.71. The van der Waals surface area contributed by atoms with Crippen LogP contribution in [0.25, 0.3) is 0 Å². The highest BCUT2D eigenvalue weighted by Crippen LogP contribution is 1.93. The summed E-state index contributed by atoms with van der Waals surface area (Å²) in [4.78, 5) is 16.0. The van der Waals surface area contributed by atoms with Gasteiger partial charge in [-0.05, 0) is 33.1 Å². The van der Waals surface area contributed by atoms with Gasteiger partial charge in [0.25, 0.3) is 0 Å². The van der Waals surface area contributed by atoms with E-state index >= 15 is 0 Å². The minimum Gasteiger partial charge on any atom is -0.381 e. The van der Waals surface area contributed by atoms with Crippen molar-refractivity contribution in [2.45, 2.75) is 53.5 Å². The molecule has 0 aliphatic carbocycles. The van der Waals surface area contributed by atoms with Crippen LogP contribution in [0.4, 0.5) is 0 Å². The van der Waals surface area contributed by atoms with Gasteiger partial charge in [0.2, 0.25) is 5.91 Å². The van der Waals surface area contributed by atoms with E-state index in [1.807, 2.05) is 20.8 Å². The number of carbonyl (C=O) groups excluding carboxylic acids is 1. The summed E-state index contributed by atoms with van der Waals surface area (Å²) in [5, 5.41) is 9.21. The Kier molecular flexibility index (Phi) is 12.6. The molecular formula is C16H34N4O2. The van der Waals surface area contributed by atoms with Gasteiger partial charge in [-0.2, -0.15) is 0 Å². The van der Waals surface area contributed by atoms with Crippen molar-refractivity contribution in [1.82, 2.24) is 16.0 Å². The van der Waals surface area contributed by atoms with Gasteiger partial charge in [-0.3, -0.25) is 9.79 Å². The first-order valence-corrected chi connectivity index (χ1v) is 8.35. The second kappa shape index (κ2) is 13.4. The van der Waals surface area contributed by atoms with Crippen LogP contribution in [0.1, 0.15) is 47.5 Å². The van der Waals surface area contributed by atoms with Crippen LogP contribution in [0.15, 0.2) is 4.99 Å². The first-order chi connectivity index (χ1) is 10.5. The fraction of sp³-hybridized carbons (Fsp3) is 0.875. The molecule has 0 aromatic heterocycles. The normalized spacial score (nSPS) is 11.9. The molecule has 6 nitrogen and oxygen atoms in total. The number of nitrogens with one attached hydrogen (secondary N) is 3. The Morgan fingerprint density at radius 3 is 2.50 bits per heavy atom. The van der Waals surface area contributed by atoms with Gasteiger partial charge in [0.1, 0.15) is 0 Å². The molecule has 22 heavy (non-hydrogen) atoms. The summed E-state index contributed by atoms with van der Waals surface area (Å²) in [7, 11) is 0. The van der Waals surface area contributed by atoms with Gasteiger partial charge < -0.3 is 20.7 Å². The number of amides is 1. The quantitative estimate of drug-likeness (QED) is 0.307. The second-order valence-electron chi connectivity index (χ2n) is 5.98. The first kappa shape index (κ1) is 20.7. The van der Waals surface area contributed by atoms with Crippen molar-refractivity contribution in [3.05, 3.63) is 0 Å². The molecule has 3 N–H and O–H groups in total. The Balaban J connectivity index is 3.88. The highest BCUT2D eigenvalue weighted by Gasteiger charge is 2.03. The van der Waals surface area contributed by atoms with Gasteiger partial charge in [0.05, 0.1) is 0 Å². The third-order valence-corrected chi connectivity index (χ3v) is 2.61. The summed E-state index contributed by atoms with van der Waals surface area (Å²) < 4.78 is 5.52. The van der Waals surface area contributed by atoms with Crippen LogP contribution in [0, 0.1) is 5.92 Å². The fourth-order valence-corrected chi connectivity index (χ4v) is 1.71. The van der Waals surface area contributed by atoms with Gasteiger partial charge in [-0.15, -0.1) is 0 Å². The minimum atomic E-state index is 0.0560. The maximum Gasteiger partial charge on any atom is 0.221 e. The molecule has 0 aromatic rings. The van der Waals surface area contributed by atoms with Gasteiger partial charge in [-0.25, -0.2) is 0 Å². The number of guanidine groups is 1. The average Bonchev–Trinajstić information content (AvgIpc) is 2.41. The van der Waals surface area contributed by atoms with Crippen LogP contribution in [0.2, 0.25) is 0 Å². The molecule has 0 rings (SSSR count). The van der Waals surface area contributed by atoms with Crippen molar-refractivity contribution in [3.8, 4) is 0 Å². The monoisotopic (exact) mass is 314 g/mol. The van der Waals surface area contributed by atoms with Gasteiger partial charge >= 0.3 is 0 Å². The lowest BCUT2D eigenvalue weighted by Gasteiger charge is -2.12. The molecule has 0 spiro atoms. The van der Waals surface area contributed by atoms with E-state index in [0.717, 1.165) is 32.1 Å². The molecule has 0 saturated heterocycles. The standard InChI is InChI=1S/C16H34N4O2/c1-6-17-16(18-9-7-11-22-12-13(2)3)19-10-8-15(21)20-14(4)5/h13-14H,6-12H2,1-5H3,(H,20,21)(H2,17,18,19). The number of hydrogen-bond acceptors (Lipinski definition) is 3. The zero-order valence-corrected chi connectivity index (χ0v) is 14.9. The van der Waals surface area contributed by atoms with Crippen LogP contribution >= 0.6 is 0 Å². The zero-order chi connectivity index (χ0) is 16.8. The molecule has 0 unspecified atom stereocenters.